The molecule has 0 aliphatic rings. The number of amides is 1. The third kappa shape index (κ3) is 6.17. The smallest absolute Gasteiger partial charge is 0.262 e. The molecule has 3 aromatic rings. The van der Waals surface area contributed by atoms with E-state index in [0.29, 0.717) is 17.7 Å². The minimum atomic E-state index is -3.26. The third-order valence-corrected chi connectivity index (χ3v) is 5.78. The molecule has 6 nitrogen and oxygen atoms in total. The maximum absolute atomic E-state index is 12.2. The number of methoxy groups -OCH3 is 1. The van der Waals surface area contributed by atoms with Gasteiger partial charge >= 0.3 is 0 Å². The molecule has 1 amide bonds. The van der Waals surface area contributed by atoms with E-state index in [9.17, 15) is 13.2 Å². The fraction of sp³-hybridized carbons (Fsp3) is 0.167. The van der Waals surface area contributed by atoms with Crippen molar-refractivity contribution in [1.29, 1.82) is 0 Å². The van der Waals surface area contributed by atoms with Gasteiger partial charge in [0.1, 0.15) is 5.75 Å². The molecular formula is C24H22N2O4S. The Balaban J connectivity index is 1.84. The van der Waals surface area contributed by atoms with Crippen molar-refractivity contribution in [2.45, 2.75) is 17.2 Å². The second-order valence-corrected chi connectivity index (χ2v) is 8.92. The van der Waals surface area contributed by atoms with Gasteiger partial charge in [-0.15, -0.1) is 0 Å². The molecule has 7 heteroatoms. The lowest BCUT2D eigenvalue weighted by Crippen LogP contribution is -2.18. The summed E-state index contributed by atoms with van der Waals surface area (Å²) in [6.45, 7) is 0. The number of aromatic nitrogens is 1. The highest BCUT2D eigenvalue weighted by atomic mass is 32.2. The summed E-state index contributed by atoms with van der Waals surface area (Å²) in [6, 6.07) is 20.3. The van der Waals surface area contributed by atoms with Crippen molar-refractivity contribution >= 4 is 15.7 Å². The van der Waals surface area contributed by atoms with Gasteiger partial charge in [-0.3, -0.25) is 15.1 Å². The third-order valence-electron chi connectivity index (χ3n) is 4.65. The Morgan fingerprint density at radius 2 is 1.81 bits per heavy atom. The van der Waals surface area contributed by atoms with Crippen LogP contribution in [0.3, 0.4) is 0 Å². The molecule has 0 saturated heterocycles. The zero-order chi connectivity index (χ0) is 22.3. The van der Waals surface area contributed by atoms with Gasteiger partial charge in [-0.2, -0.15) is 0 Å². The highest BCUT2D eigenvalue weighted by Gasteiger charge is 2.13. The molecule has 0 spiro atoms. The first-order chi connectivity index (χ1) is 14.9. The van der Waals surface area contributed by atoms with Gasteiger partial charge in [0.15, 0.2) is 9.84 Å². The van der Waals surface area contributed by atoms with Crippen LogP contribution in [0.1, 0.15) is 27.4 Å². The number of benzene rings is 2. The van der Waals surface area contributed by atoms with Crippen LogP contribution < -0.4 is 10.1 Å². The van der Waals surface area contributed by atoms with E-state index < -0.39 is 9.84 Å². The molecule has 1 N–H and O–H groups in total. The number of pyridine rings is 1. The van der Waals surface area contributed by atoms with Crippen LogP contribution in [0.15, 0.2) is 78.0 Å². The standard InChI is InChI=1S/C24H22N2O4S/c1-30-22-5-3-4-20(17-22)21(12-15-26-24(27)19-10-13-25-14-11-19)16-18-6-8-23(9-7-18)31(2,28)29/h3-11,13-14,17,21H,16H2,1-2H3,(H,26,27). The molecule has 158 valence electrons. The zero-order valence-electron chi connectivity index (χ0n) is 17.2. The Bertz CT molecular complexity index is 1210. The molecule has 1 heterocycles. The van der Waals surface area contributed by atoms with Crippen LogP contribution in [0.5, 0.6) is 5.75 Å². The van der Waals surface area contributed by atoms with E-state index in [0.717, 1.165) is 11.1 Å². The molecule has 0 bridgehead atoms. The number of hydrogen-bond acceptors (Lipinski definition) is 5. The van der Waals surface area contributed by atoms with Gasteiger partial charge in [0.2, 0.25) is 0 Å². The lowest BCUT2D eigenvalue weighted by atomic mass is 9.92. The normalized spacial score (nSPS) is 11.7. The molecule has 1 aromatic heterocycles. The maximum Gasteiger partial charge on any atom is 0.262 e. The molecule has 31 heavy (non-hydrogen) atoms. The zero-order valence-corrected chi connectivity index (χ0v) is 18.0. The molecule has 0 saturated carbocycles. The molecule has 0 radical (unpaired) electrons. The predicted octanol–water partition coefficient (Wildman–Crippen LogP) is 3.21. The van der Waals surface area contributed by atoms with Gasteiger partial charge in [-0.1, -0.05) is 30.2 Å². The molecule has 0 aliphatic carbocycles. The fourth-order valence-electron chi connectivity index (χ4n) is 2.97. The number of nitrogens with zero attached hydrogens (tertiary/aromatic N) is 1. The van der Waals surface area contributed by atoms with Crippen molar-refractivity contribution in [3.8, 4) is 17.7 Å². The van der Waals surface area contributed by atoms with Gasteiger partial charge in [0, 0.05) is 30.3 Å². The molecule has 3 rings (SSSR count). The van der Waals surface area contributed by atoms with E-state index in [1.807, 2.05) is 24.3 Å². The predicted molar refractivity (Wildman–Crippen MR) is 118 cm³/mol. The summed E-state index contributed by atoms with van der Waals surface area (Å²) in [7, 11) is -1.66. The molecule has 2 aromatic carbocycles. The number of carbonyl (C=O) groups excluding carboxylic acids is 1. The molecule has 1 unspecified atom stereocenters. The molecule has 0 fully saturated rings. The number of carbonyl (C=O) groups is 1. The lowest BCUT2D eigenvalue weighted by molar-refractivity contribution is 0.0973. The van der Waals surface area contributed by atoms with Crippen LogP contribution >= 0.6 is 0 Å². The topological polar surface area (TPSA) is 85.4 Å². The summed E-state index contributed by atoms with van der Waals surface area (Å²) >= 11 is 0. The Hall–Kier alpha value is -3.63. The number of ether oxygens (including phenoxy) is 1. The second kappa shape index (κ2) is 9.92. The minimum absolute atomic E-state index is 0.239. The van der Waals surface area contributed by atoms with Crippen molar-refractivity contribution < 1.29 is 17.9 Å². The van der Waals surface area contributed by atoms with Crippen LogP contribution in [0.2, 0.25) is 0 Å². The Morgan fingerprint density at radius 1 is 1.10 bits per heavy atom. The van der Waals surface area contributed by atoms with E-state index in [-0.39, 0.29) is 16.7 Å². The van der Waals surface area contributed by atoms with Gasteiger partial charge in [0.05, 0.1) is 17.9 Å². The van der Waals surface area contributed by atoms with E-state index in [1.165, 1.54) is 6.26 Å². The van der Waals surface area contributed by atoms with Gasteiger partial charge in [-0.25, -0.2) is 8.42 Å². The monoisotopic (exact) mass is 434 g/mol. The maximum atomic E-state index is 12.2. The summed E-state index contributed by atoms with van der Waals surface area (Å²) in [4.78, 5) is 16.4. The molecular weight excluding hydrogens is 412 g/mol. The average molecular weight is 435 g/mol. The minimum Gasteiger partial charge on any atom is -0.497 e. The largest absolute Gasteiger partial charge is 0.497 e. The number of rotatable bonds is 6. The Kier molecular flexibility index (Phi) is 7.06. The van der Waals surface area contributed by atoms with Gasteiger partial charge < -0.3 is 4.74 Å². The van der Waals surface area contributed by atoms with E-state index in [4.69, 9.17) is 4.74 Å². The van der Waals surface area contributed by atoms with Crippen LogP contribution in [-0.4, -0.2) is 32.7 Å². The first-order valence-corrected chi connectivity index (χ1v) is 11.4. The Morgan fingerprint density at radius 3 is 2.45 bits per heavy atom. The highest BCUT2D eigenvalue weighted by molar-refractivity contribution is 7.90. The second-order valence-electron chi connectivity index (χ2n) is 6.91. The van der Waals surface area contributed by atoms with Crippen molar-refractivity contribution in [2.75, 3.05) is 13.4 Å². The average Bonchev–Trinajstić information content (AvgIpc) is 2.78. The van der Waals surface area contributed by atoms with E-state index >= 15 is 0 Å². The fourth-order valence-corrected chi connectivity index (χ4v) is 3.60. The molecule has 0 aliphatic heterocycles. The SMILES string of the molecule is COc1cccc(C(C#CNC(=O)c2ccncc2)Cc2ccc(S(C)(=O)=O)cc2)c1. The van der Waals surface area contributed by atoms with Crippen molar-refractivity contribution in [1.82, 2.24) is 10.3 Å². The summed E-state index contributed by atoms with van der Waals surface area (Å²) in [5.74, 6) is 3.27. The first-order valence-electron chi connectivity index (χ1n) is 9.50. The summed E-state index contributed by atoms with van der Waals surface area (Å²) in [5, 5.41) is 2.60. The van der Waals surface area contributed by atoms with Gasteiger partial charge in [-0.05, 0) is 53.9 Å². The summed E-state index contributed by atoms with van der Waals surface area (Å²) < 4.78 is 28.7. The van der Waals surface area contributed by atoms with Crippen LogP contribution in [0.4, 0.5) is 0 Å². The van der Waals surface area contributed by atoms with Crippen LogP contribution in [0, 0.1) is 12.0 Å². The van der Waals surface area contributed by atoms with Crippen molar-refractivity contribution in [3.63, 3.8) is 0 Å². The highest BCUT2D eigenvalue weighted by Crippen LogP contribution is 2.24. The number of nitrogens with one attached hydrogen (secondary N) is 1. The van der Waals surface area contributed by atoms with Crippen LogP contribution in [-0.2, 0) is 16.3 Å². The Labute approximate surface area is 182 Å². The number of hydrogen-bond donors (Lipinski definition) is 1. The lowest BCUT2D eigenvalue weighted by Gasteiger charge is -2.13. The van der Waals surface area contributed by atoms with Gasteiger partial charge in [0.25, 0.3) is 5.91 Å². The van der Waals surface area contributed by atoms with Crippen molar-refractivity contribution in [2.24, 2.45) is 0 Å². The van der Waals surface area contributed by atoms with Crippen molar-refractivity contribution in [3.05, 3.63) is 89.7 Å². The first kappa shape index (κ1) is 22.1. The van der Waals surface area contributed by atoms with Crippen LogP contribution in [0.25, 0.3) is 0 Å². The summed E-state index contributed by atoms with van der Waals surface area (Å²) in [6.07, 6.45) is 4.80. The molecule has 1 atom stereocenters. The van der Waals surface area contributed by atoms with E-state index in [2.05, 4.69) is 22.3 Å². The summed E-state index contributed by atoms with van der Waals surface area (Å²) in [5.41, 5.74) is 2.32. The quantitative estimate of drug-likeness (QED) is 0.476. The number of sulfone groups is 1. The van der Waals surface area contributed by atoms with E-state index in [1.54, 1.807) is 55.9 Å².